The van der Waals surface area contributed by atoms with Gasteiger partial charge in [0.25, 0.3) is 5.91 Å². The summed E-state index contributed by atoms with van der Waals surface area (Å²) in [5.74, 6) is 1.11. The Morgan fingerprint density at radius 3 is 2.48 bits per heavy atom. The number of aliphatic hydroxyl groups excluding tert-OH is 1. The Labute approximate surface area is 168 Å². The molecule has 1 aliphatic rings. The highest BCUT2D eigenvalue weighted by Gasteiger charge is 2.21. The number of hydrogen-bond acceptors (Lipinski definition) is 5. The normalized spacial score (nSPS) is 18.8. The molecule has 1 fully saturated rings. The summed E-state index contributed by atoms with van der Waals surface area (Å²) in [4.78, 5) is 17.0. The standard InChI is InChI=1S/C23H21N3O3/c24-14-15-1-8-19(9-2-15)29-20-10-12-21-16(13-20)3-11-22(26-21)23(28)25-17-4-6-18(27)7-5-17/h1-3,8-13,17-18,27H,4-7H2,(H,25,28)/t17-,18+. The van der Waals surface area contributed by atoms with Crippen LogP contribution in [-0.2, 0) is 0 Å². The molecule has 1 aromatic heterocycles. The molecule has 146 valence electrons. The number of nitrogens with one attached hydrogen (secondary N) is 1. The Morgan fingerprint density at radius 2 is 1.76 bits per heavy atom. The molecular weight excluding hydrogens is 366 g/mol. The SMILES string of the molecule is N#Cc1ccc(Oc2ccc3nc(C(=O)N[C@H]4CC[C@@H](O)CC4)ccc3c2)cc1. The summed E-state index contributed by atoms with van der Waals surface area (Å²) in [7, 11) is 0. The number of aliphatic hydroxyl groups is 1. The van der Waals surface area contributed by atoms with Crippen LogP contribution in [0.5, 0.6) is 11.5 Å². The topological polar surface area (TPSA) is 95.2 Å². The van der Waals surface area contributed by atoms with Crippen LogP contribution >= 0.6 is 0 Å². The van der Waals surface area contributed by atoms with E-state index in [1.165, 1.54) is 0 Å². The second-order valence-electron chi connectivity index (χ2n) is 7.27. The predicted molar refractivity (Wildman–Crippen MR) is 109 cm³/mol. The zero-order chi connectivity index (χ0) is 20.2. The van der Waals surface area contributed by atoms with Gasteiger partial charge in [0, 0.05) is 11.4 Å². The molecule has 0 radical (unpaired) electrons. The summed E-state index contributed by atoms with van der Waals surface area (Å²) in [6.45, 7) is 0. The van der Waals surface area contributed by atoms with Gasteiger partial charge < -0.3 is 15.2 Å². The van der Waals surface area contributed by atoms with E-state index in [-0.39, 0.29) is 18.1 Å². The van der Waals surface area contributed by atoms with E-state index in [1.807, 2.05) is 18.2 Å². The van der Waals surface area contributed by atoms with Crippen molar-refractivity contribution < 1.29 is 14.6 Å². The van der Waals surface area contributed by atoms with Crippen molar-refractivity contribution in [3.63, 3.8) is 0 Å². The third-order valence-electron chi connectivity index (χ3n) is 5.14. The van der Waals surface area contributed by atoms with E-state index in [9.17, 15) is 9.90 Å². The maximum atomic E-state index is 12.5. The van der Waals surface area contributed by atoms with Gasteiger partial charge in [0.1, 0.15) is 17.2 Å². The maximum absolute atomic E-state index is 12.5. The minimum Gasteiger partial charge on any atom is -0.457 e. The minimum atomic E-state index is -0.248. The fourth-order valence-electron chi connectivity index (χ4n) is 3.51. The second kappa shape index (κ2) is 8.29. The number of benzene rings is 2. The number of nitriles is 1. The van der Waals surface area contributed by atoms with Gasteiger partial charge in [-0.05, 0) is 74.2 Å². The lowest BCUT2D eigenvalue weighted by Gasteiger charge is -2.26. The first kappa shape index (κ1) is 18.9. The van der Waals surface area contributed by atoms with E-state index < -0.39 is 0 Å². The number of hydrogen-bond donors (Lipinski definition) is 2. The second-order valence-corrected chi connectivity index (χ2v) is 7.27. The van der Waals surface area contributed by atoms with Gasteiger partial charge in [-0.15, -0.1) is 0 Å². The van der Waals surface area contributed by atoms with Crippen molar-refractivity contribution in [1.29, 1.82) is 5.26 Å². The van der Waals surface area contributed by atoms with Crippen LogP contribution in [0.4, 0.5) is 0 Å². The highest BCUT2D eigenvalue weighted by Crippen LogP contribution is 2.26. The van der Waals surface area contributed by atoms with Gasteiger partial charge >= 0.3 is 0 Å². The van der Waals surface area contributed by atoms with Gasteiger partial charge in [-0.25, -0.2) is 4.98 Å². The van der Waals surface area contributed by atoms with Crippen LogP contribution in [0.3, 0.4) is 0 Å². The van der Waals surface area contributed by atoms with E-state index in [1.54, 1.807) is 36.4 Å². The van der Waals surface area contributed by atoms with Crippen LogP contribution in [0.2, 0.25) is 0 Å². The van der Waals surface area contributed by atoms with Crippen molar-refractivity contribution in [2.45, 2.75) is 37.8 Å². The Balaban J connectivity index is 1.46. The van der Waals surface area contributed by atoms with Crippen molar-refractivity contribution in [1.82, 2.24) is 10.3 Å². The first-order valence-corrected chi connectivity index (χ1v) is 9.68. The van der Waals surface area contributed by atoms with Crippen molar-refractivity contribution in [3.05, 3.63) is 65.9 Å². The molecule has 1 heterocycles. The van der Waals surface area contributed by atoms with Crippen molar-refractivity contribution in [2.24, 2.45) is 0 Å². The Morgan fingerprint density at radius 1 is 1.03 bits per heavy atom. The number of carbonyl (C=O) groups is 1. The number of amides is 1. The van der Waals surface area contributed by atoms with Crippen LogP contribution in [0.1, 0.15) is 41.7 Å². The summed E-state index contributed by atoms with van der Waals surface area (Å²) in [5, 5.41) is 22.3. The van der Waals surface area contributed by atoms with Gasteiger partial charge in [0.05, 0.1) is 23.3 Å². The lowest BCUT2D eigenvalue weighted by atomic mass is 9.93. The molecule has 2 N–H and O–H groups in total. The molecule has 0 spiro atoms. The van der Waals surface area contributed by atoms with Crippen molar-refractivity contribution >= 4 is 16.8 Å². The maximum Gasteiger partial charge on any atom is 0.270 e. The van der Waals surface area contributed by atoms with Gasteiger partial charge in [-0.3, -0.25) is 4.79 Å². The molecule has 0 bridgehead atoms. The number of pyridine rings is 1. The lowest BCUT2D eigenvalue weighted by Crippen LogP contribution is -2.38. The quantitative estimate of drug-likeness (QED) is 0.707. The molecule has 0 atom stereocenters. The van der Waals surface area contributed by atoms with Crippen LogP contribution in [0.25, 0.3) is 10.9 Å². The minimum absolute atomic E-state index is 0.0894. The molecule has 0 saturated heterocycles. The monoisotopic (exact) mass is 387 g/mol. The number of nitrogens with zero attached hydrogens (tertiary/aromatic N) is 2. The van der Waals surface area contributed by atoms with Crippen LogP contribution in [-0.4, -0.2) is 28.1 Å². The average molecular weight is 387 g/mol. The first-order chi connectivity index (χ1) is 14.1. The molecular formula is C23H21N3O3. The van der Waals surface area contributed by atoms with E-state index in [2.05, 4.69) is 16.4 Å². The molecule has 1 aliphatic carbocycles. The predicted octanol–water partition coefficient (Wildman–Crippen LogP) is 3.93. The molecule has 1 amide bonds. The summed E-state index contributed by atoms with van der Waals surface area (Å²) in [6.07, 6.45) is 2.77. The summed E-state index contributed by atoms with van der Waals surface area (Å²) in [5.41, 5.74) is 1.67. The van der Waals surface area contributed by atoms with Crippen LogP contribution in [0, 0.1) is 11.3 Å². The number of rotatable bonds is 4. The van der Waals surface area contributed by atoms with E-state index >= 15 is 0 Å². The van der Waals surface area contributed by atoms with Gasteiger partial charge in [0.15, 0.2) is 0 Å². The summed E-state index contributed by atoms with van der Waals surface area (Å²) < 4.78 is 5.84. The van der Waals surface area contributed by atoms with Gasteiger partial charge in [-0.2, -0.15) is 5.26 Å². The highest BCUT2D eigenvalue weighted by molar-refractivity contribution is 5.95. The zero-order valence-corrected chi connectivity index (χ0v) is 15.8. The summed E-state index contributed by atoms with van der Waals surface area (Å²) >= 11 is 0. The molecule has 29 heavy (non-hydrogen) atoms. The molecule has 4 rings (SSSR count). The van der Waals surface area contributed by atoms with Gasteiger partial charge in [0.2, 0.25) is 0 Å². The molecule has 6 heteroatoms. The van der Waals surface area contributed by atoms with E-state index in [4.69, 9.17) is 10.00 Å². The molecule has 3 aromatic rings. The van der Waals surface area contributed by atoms with E-state index in [0.717, 1.165) is 31.1 Å². The van der Waals surface area contributed by atoms with Gasteiger partial charge in [-0.1, -0.05) is 6.07 Å². The first-order valence-electron chi connectivity index (χ1n) is 9.68. The van der Waals surface area contributed by atoms with Crippen molar-refractivity contribution in [2.75, 3.05) is 0 Å². The molecule has 0 unspecified atom stereocenters. The molecule has 0 aliphatic heterocycles. The molecule has 1 saturated carbocycles. The Kier molecular flexibility index (Phi) is 5.41. The zero-order valence-electron chi connectivity index (χ0n) is 15.8. The summed E-state index contributed by atoms with van der Waals surface area (Å²) in [6, 6.07) is 18.1. The number of aromatic nitrogens is 1. The van der Waals surface area contributed by atoms with Crippen molar-refractivity contribution in [3.8, 4) is 17.6 Å². The largest absolute Gasteiger partial charge is 0.457 e. The fourth-order valence-corrected chi connectivity index (χ4v) is 3.51. The fraction of sp³-hybridized carbons (Fsp3) is 0.261. The molecule has 2 aromatic carbocycles. The smallest absolute Gasteiger partial charge is 0.270 e. The Hall–Kier alpha value is -3.43. The Bertz CT molecular complexity index is 1060. The van der Waals surface area contributed by atoms with Crippen LogP contribution in [0.15, 0.2) is 54.6 Å². The number of ether oxygens (including phenoxy) is 1. The van der Waals surface area contributed by atoms with Crippen LogP contribution < -0.4 is 10.1 Å². The lowest BCUT2D eigenvalue weighted by molar-refractivity contribution is 0.0863. The number of carbonyl (C=O) groups excluding carboxylic acids is 1. The average Bonchev–Trinajstić information content (AvgIpc) is 2.75. The number of fused-ring (bicyclic) bond motifs is 1. The third-order valence-corrected chi connectivity index (χ3v) is 5.14. The van der Waals surface area contributed by atoms with E-state index in [0.29, 0.717) is 28.3 Å². The third kappa shape index (κ3) is 4.53. The molecule has 6 nitrogen and oxygen atoms in total. The highest BCUT2D eigenvalue weighted by atomic mass is 16.5.